The smallest absolute Gasteiger partial charge is 0.390 e. The molecule has 0 atom stereocenters. The number of pyridine rings is 2. The van der Waals surface area contributed by atoms with Gasteiger partial charge >= 0.3 is 12.4 Å². The number of H-pyrrole nitrogens is 1. The summed E-state index contributed by atoms with van der Waals surface area (Å²) in [6.07, 6.45) is 4.68. The van der Waals surface area contributed by atoms with E-state index < -0.39 is 46.8 Å². The molecule has 8 aromatic rings. The highest BCUT2D eigenvalue weighted by Gasteiger charge is 2.40. The van der Waals surface area contributed by atoms with Gasteiger partial charge in [-0.05, 0) is 132 Å². The topological polar surface area (TPSA) is 207 Å². The van der Waals surface area contributed by atoms with Gasteiger partial charge in [0.2, 0.25) is 0 Å². The fourth-order valence-corrected chi connectivity index (χ4v) is 8.32. The zero-order valence-corrected chi connectivity index (χ0v) is 39.0. The SMILES string of the molecule is CC(C)(O)C1CC(n2cc3cc(NC(=O)c4cccc(C(F)(F)F)n4)c(-n4cccn4)cc3n2)C1.CC1CC(C(C)(C)O)C1.O=C(Nc1cc2cn[nH]c2cc1-n1cccn1)c1cccc(C(F)(F)F)n1. The van der Waals surface area contributed by atoms with Crippen molar-refractivity contribution in [2.45, 2.75) is 89.9 Å². The Labute approximate surface area is 402 Å². The lowest BCUT2D eigenvalue weighted by atomic mass is 9.68. The Morgan fingerprint density at radius 1 is 0.676 bits per heavy atom. The Balaban J connectivity index is 0.000000166. The number of carbonyl (C=O) groups excluding carboxylic acids is 2. The quantitative estimate of drug-likeness (QED) is 0.0866. The van der Waals surface area contributed by atoms with Gasteiger partial charge in [0.1, 0.15) is 22.8 Å². The van der Waals surface area contributed by atoms with Gasteiger partial charge in [-0.25, -0.2) is 19.3 Å². The molecule has 71 heavy (non-hydrogen) atoms. The van der Waals surface area contributed by atoms with E-state index in [4.69, 9.17) is 0 Å². The summed E-state index contributed by atoms with van der Waals surface area (Å²) in [6.45, 7) is 9.66. The maximum absolute atomic E-state index is 13.0. The number of hydrogen-bond donors (Lipinski definition) is 5. The summed E-state index contributed by atoms with van der Waals surface area (Å²) in [7, 11) is 0. The van der Waals surface area contributed by atoms with Crippen molar-refractivity contribution in [2.75, 3.05) is 10.6 Å². The van der Waals surface area contributed by atoms with E-state index in [-0.39, 0.29) is 23.3 Å². The average Bonchev–Trinajstić information content (AvgIpc) is 4.12. The number of nitrogens with one attached hydrogen (secondary N) is 3. The first-order valence-corrected chi connectivity index (χ1v) is 22.6. The molecule has 0 spiro atoms. The molecule has 0 radical (unpaired) electrons. The Kier molecular flexibility index (Phi) is 13.6. The number of carbonyl (C=O) groups is 2. The van der Waals surface area contributed by atoms with Crippen molar-refractivity contribution in [1.82, 2.24) is 49.5 Å². The number of anilines is 2. The second kappa shape index (κ2) is 19.4. The molecule has 10 rings (SSSR count). The van der Waals surface area contributed by atoms with Crippen molar-refractivity contribution in [3.8, 4) is 11.4 Å². The number of halogens is 6. The van der Waals surface area contributed by atoms with Crippen LogP contribution in [0.4, 0.5) is 37.7 Å². The summed E-state index contributed by atoms with van der Waals surface area (Å²) < 4.78 is 82.6. The van der Waals surface area contributed by atoms with Crippen LogP contribution < -0.4 is 10.6 Å². The van der Waals surface area contributed by atoms with Gasteiger partial charge in [-0.1, -0.05) is 19.1 Å². The first-order valence-electron chi connectivity index (χ1n) is 22.6. The van der Waals surface area contributed by atoms with Gasteiger partial charge in [0.25, 0.3) is 11.8 Å². The van der Waals surface area contributed by atoms with Crippen molar-refractivity contribution in [3.63, 3.8) is 0 Å². The summed E-state index contributed by atoms with van der Waals surface area (Å²) in [5.41, 5.74) is -0.993. The first kappa shape index (κ1) is 49.9. The van der Waals surface area contributed by atoms with E-state index in [1.807, 2.05) is 24.7 Å². The lowest BCUT2D eigenvalue weighted by Crippen LogP contribution is -2.41. The number of nitrogens with zero attached hydrogens (tertiary/aromatic N) is 9. The maximum atomic E-state index is 13.0. The van der Waals surface area contributed by atoms with Gasteiger partial charge in [0.05, 0.1) is 57.2 Å². The fourth-order valence-electron chi connectivity index (χ4n) is 8.32. The van der Waals surface area contributed by atoms with Gasteiger partial charge in [-0.3, -0.25) is 19.4 Å². The first-order chi connectivity index (χ1) is 33.4. The molecule has 0 aliphatic heterocycles. The lowest BCUT2D eigenvalue weighted by molar-refractivity contribution is -0.142. The number of alkyl halides is 6. The van der Waals surface area contributed by atoms with Gasteiger partial charge < -0.3 is 20.8 Å². The molecule has 0 bridgehead atoms. The third-order valence-corrected chi connectivity index (χ3v) is 12.6. The average molecular weight is 985 g/mol. The molecular weight excluding hydrogens is 935 g/mol. The molecule has 2 aliphatic carbocycles. The van der Waals surface area contributed by atoms with E-state index in [1.54, 1.807) is 85.9 Å². The minimum absolute atomic E-state index is 0.152. The second-order valence-electron chi connectivity index (χ2n) is 18.9. The Bertz CT molecular complexity index is 3140. The number of amides is 2. The van der Waals surface area contributed by atoms with Crippen LogP contribution in [-0.4, -0.2) is 82.7 Å². The molecule has 2 aromatic carbocycles. The summed E-state index contributed by atoms with van der Waals surface area (Å²) in [5, 5.41) is 46.2. The van der Waals surface area contributed by atoms with Crippen molar-refractivity contribution in [1.29, 1.82) is 0 Å². The Hall–Kier alpha value is -7.46. The highest BCUT2D eigenvalue weighted by molar-refractivity contribution is 6.06. The predicted molar refractivity (Wildman–Crippen MR) is 251 cm³/mol. The summed E-state index contributed by atoms with van der Waals surface area (Å²) >= 11 is 0. The lowest BCUT2D eigenvalue weighted by Gasteiger charge is -2.42. The summed E-state index contributed by atoms with van der Waals surface area (Å²) in [6, 6.07) is 16.8. The molecule has 2 fully saturated rings. The van der Waals surface area contributed by atoms with Gasteiger partial charge in [-0.2, -0.15) is 46.7 Å². The number of hydrogen-bond acceptors (Lipinski definition) is 10. The van der Waals surface area contributed by atoms with E-state index in [0.29, 0.717) is 34.2 Å². The van der Waals surface area contributed by atoms with E-state index in [0.717, 1.165) is 59.3 Å². The molecule has 2 aliphatic rings. The van der Waals surface area contributed by atoms with Crippen molar-refractivity contribution in [3.05, 3.63) is 133 Å². The predicted octanol–water partition coefficient (Wildman–Crippen LogP) is 9.83. The van der Waals surface area contributed by atoms with Crippen LogP contribution in [0, 0.1) is 17.8 Å². The number of aromatic nitrogens is 10. The van der Waals surface area contributed by atoms with Crippen molar-refractivity contribution < 1.29 is 46.1 Å². The van der Waals surface area contributed by atoms with E-state index >= 15 is 0 Å². The molecule has 2 amide bonds. The van der Waals surface area contributed by atoms with Crippen LogP contribution in [0.3, 0.4) is 0 Å². The van der Waals surface area contributed by atoms with Gasteiger partial charge in [0.15, 0.2) is 0 Å². The van der Waals surface area contributed by atoms with Crippen LogP contribution in [0.5, 0.6) is 0 Å². The molecule has 6 aromatic heterocycles. The second-order valence-corrected chi connectivity index (χ2v) is 18.9. The van der Waals surface area contributed by atoms with E-state index in [9.17, 15) is 46.1 Å². The molecule has 22 heteroatoms. The van der Waals surface area contributed by atoms with Gasteiger partial charge in [0, 0.05) is 41.8 Å². The minimum atomic E-state index is -4.66. The van der Waals surface area contributed by atoms with Crippen molar-refractivity contribution >= 4 is 45.0 Å². The number of rotatable bonds is 9. The number of aromatic amines is 1. The standard InChI is InChI=1S/C24H23F3N6O2.C17H11F3N6O.C8H16O/c1-23(2,35)15-10-16(11-15)33-13-14-9-19(20(12-18(14)31-33)32-8-4-7-28-32)30-22(34)17-5-3-6-21(29-17)24(25,26)27;18-17(19,20)15-4-1-3-11(23-15)16(27)24-13-7-10-9-21-25-12(10)8-14(13)26-6-2-5-22-26;1-6-4-7(5-6)8(2,3)9/h3-9,12-13,15-16,35H,10-11H2,1-2H3,(H,30,34);1-9H,(H,21,25)(H,24,27);6-7,9H,4-5H2,1-3H3. The normalized spacial score (nSPS) is 18.1. The summed E-state index contributed by atoms with van der Waals surface area (Å²) in [5.74, 6) is 0.0591. The van der Waals surface area contributed by atoms with Crippen LogP contribution in [0.2, 0.25) is 0 Å². The van der Waals surface area contributed by atoms with Crippen LogP contribution in [0.25, 0.3) is 33.2 Å². The largest absolute Gasteiger partial charge is 0.433 e. The molecule has 6 heterocycles. The minimum Gasteiger partial charge on any atom is -0.390 e. The van der Waals surface area contributed by atoms with Crippen LogP contribution in [0.1, 0.15) is 98.7 Å². The molecular formula is C49H50F6N12O4. The van der Waals surface area contributed by atoms with E-state index in [2.05, 4.69) is 53.0 Å². The maximum Gasteiger partial charge on any atom is 0.433 e. The Morgan fingerprint density at radius 3 is 1.62 bits per heavy atom. The number of benzene rings is 2. The highest BCUT2D eigenvalue weighted by Crippen LogP contribution is 2.44. The van der Waals surface area contributed by atoms with Crippen LogP contribution in [0.15, 0.2) is 110 Å². The molecule has 16 nitrogen and oxygen atoms in total. The summed E-state index contributed by atoms with van der Waals surface area (Å²) in [4.78, 5) is 32.2. The molecule has 2 saturated carbocycles. The van der Waals surface area contributed by atoms with Crippen molar-refractivity contribution in [2.24, 2.45) is 17.8 Å². The third-order valence-electron chi connectivity index (χ3n) is 12.6. The number of fused-ring (bicyclic) bond motifs is 2. The molecule has 0 saturated heterocycles. The van der Waals surface area contributed by atoms with E-state index in [1.165, 1.54) is 29.7 Å². The molecule has 0 unspecified atom stereocenters. The fraction of sp³-hybridized carbons (Fsp3) is 0.347. The Morgan fingerprint density at radius 2 is 1.17 bits per heavy atom. The monoisotopic (exact) mass is 984 g/mol. The number of aliphatic hydroxyl groups is 2. The van der Waals surface area contributed by atoms with Gasteiger partial charge in [-0.15, -0.1) is 0 Å². The zero-order chi connectivity index (χ0) is 51.0. The molecule has 372 valence electrons. The van der Waals surface area contributed by atoms with Crippen LogP contribution >= 0.6 is 0 Å². The molecule has 5 N–H and O–H groups in total. The highest BCUT2D eigenvalue weighted by atomic mass is 19.4. The zero-order valence-electron chi connectivity index (χ0n) is 39.0. The van der Waals surface area contributed by atoms with Crippen LogP contribution in [-0.2, 0) is 12.4 Å². The third kappa shape index (κ3) is 11.6.